The van der Waals surface area contributed by atoms with E-state index >= 15 is 0 Å². The Bertz CT molecular complexity index is 639. The van der Waals surface area contributed by atoms with Gasteiger partial charge in [0.25, 0.3) is 5.56 Å². The normalized spacial score (nSPS) is 10.4. The number of nitrogens with two attached hydrogens (primary N) is 1. The van der Waals surface area contributed by atoms with Crippen LogP contribution in [-0.2, 0) is 0 Å². The minimum Gasteiger partial charge on any atom is -0.477 e. The topological polar surface area (TPSA) is 109 Å². The summed E-state index contributed by atoms with van der Waals surface area (Å²) in [4.78, 5) is 24.8. The van der Waals surface area contributed by atoms with E-state index in [1.807, 2.05) is 0 Å². The second-order valence-electron chi connectivity index (χ2n) is 3.56. The summed E-state index contributed by atoms with van der Waals surface area (Å²) in [5, 5.41) is 9.00. The second kappa shape index (κ2) is 3.82. The summed E-state index contributed by atoms with van der Waals surface area (Å²) in [6.07, 6.45) is 0. The quantitative estimate of drug-likeness (QED) is 0.723. The monoisotopic (exact) mass is 234 g/mol. The third-order valence-corrected chi connectivity index (χ3v) is 2.27. The Morgan fingerprint density at radius 2 is 2.18 bits per heavy atom. The first-order valence-corrected chi connectivity index (χ1v) is 4.82. The number of aryl methyl sites for hydroxylation is 1. The van der Waals surface area contributed by atoms with Gasteiger partial charge in [0.1, 0.15) is 22.9 Å². The highest BCUT2D eigenvalue weighted by molar-refractivity contribution is 5.95. The molecule has 0 aliphatic heterocycles. The molecule has 0 unspecified atom stereocenters. The van der Waals surface area contributed by atoms with Crippen LogP contribution in [0.25, 0.3) is 11.3 Å². The molecule has 2 aromatic rings. The molecule has 2 aromatic heterocycles. The number of anilines is 1. The number of carbonyl (C=O) groups is 1. The number of carboxylic acids is 1. The van der Waals surface area contributed by atoms with Crippen molar-refractivity contribution in [2.24, 2.45) is 0 Å². The molecule has 0 bridgehead atoms. The molecule has 0 aliphatic carbocycles. The van der Waals surface area contributed by atoms with Gasteiger partial charge in [0.15, 0.2) is 0 Å². The summed E-state index contributed by atoms with van der Waals surface area (Å²) in [5.74, 6) is -0.313. The predicted molar refractivity (Wildman–Crippen MR) is 60.9 cm³/mol. The van der Waals surface area contributed by atoms with Gasteiger partial charge in [-0.15, -0.1) is 0 Å². The molecule has 6 heteroatoms. The van der Waals surface area contributed by atoms with Crippen molar-refractivity contribution in [1.82, 2.24) is 4.98 Å². The maximum atomic E-state index is 11.5. The third kappa shape index (κ3) is 1.92. The van der Waals surface area contributed by atoms with E-state index in [1.165, 1.54) is 6.07 Å². The SMILES string of the molecule is Cc1ccc(-c2cc(N)[nH]c(=O)c2C(=O)O)o1. The minimum atomic E-state index is -1.32. The molecule has 0 atom stereocenters. The number of aromatic carboxylic acids is 1. The van der Waals surface area contributed by atoms with Crippen LogP contribution in [0.1, 0.15) is 16.1 Å². The van der Waals surface area contributed by atoms with Gasteiger partial charge in [-0.3, -0.25) is 4.79 Å². The summed E-state index contributed by atoms with van der Waals surface area (Å²) < 4.78 is 5.30. The van der Waals surface area contributed by atoms with Crippen LogP contribution in [0.15, 0.2) is 27.4 Å². The lowest BCUT2D eigenvalue weighted by Gasteiger charge is -2.03. The highest BCUT2D eigenvalue weighted by Crippen LogP contribution is 2.24. The van der Waals surface area contributed by atoms with Crippen molar-refractivity contribution in [3.05, 3.63) is 39.9 Å². The number of rotatable bonds is 2. The van der Waals surface area contributed by atoms with E-state index in [-0.39, 0.29) is 16.9 Å². The number of nitrogen functional groups attached to an aromatic ring is 1. The maximum Gasteiger partial charge on any atom is 0.342 e. The molecular formula is C11H10N2O4. The van der Waals surface area contributed by atoms with Crippen molar-refractivity contribution >= 4 is 11.8 Å². The zero-order valence-electron chi connectivity index (χ0n) is 8.98. The van der Waals surface area contributed by atoms with Crippen molar-refractivity contribution in [2.45, 2.75) is 6.92 Å². The summed E-state index contributed by atoms with van der Waals surface area (Å²) in [6.45, 7) is 1.72. The van der Waals surface area contributed by atoms with Gasteiger partial charge in [0, 0.05) is 5.56 Å². The molecule has 2 rings (SSSR count). The summed E-state index contributed by atoms with van der Waals surface area (Å²) >= 11 is 0. The number of H-pyrrole nitrogens is 1. The summed E-state index contributed by atoms with van der Waals surface area (Å²) in [5.41, 5.74) is 4.53. The molecule has 4 N–H and O–H groups in total. The number of aromatic amines is 1. The molecule has 0 saturated heterocycles. The molecule has 0 saturated carbocycles. The minimum absolute atomic E-state index is 0.0871. The second-order valence-corrected chi connectivity index (χ2v) is 3.56. The van der Waals surface area contributed by atoms with E-state index in [0.29, 0.717) is 11.5 Å². The highest BCUT2D eigenvalue weighted by Gasteiger charge is 2.19. The van der Waals surface area contributed by atoms with Gasteiger partial charge in [-0.25, -0.2) is 4.79 Å². The van der Waals surface area contributed by atoms with Crippen molar-refractivity contribution in [2.75, 3.05) is 5.73 Å². The Kier molecular flexibility index (Phi) is 2.47. The highest BCUT2D eigenvalue weighted by atomic mass is 16.4. The van der Waals surface area contributed by atoms with Crippen LogP contribution < -0.4 is 11.3 Å². The van der Waals surface area contributed by atoms with E-state index in [2.05, 4.69) is 4.98 Å². The third-order valence-electron chi connectivity index (χ3n) is 2.27. The summed E-state index contributed by atoms with van der Waals surface area (Å²) in [6, 6.07) is 4.64. The average Bonchev–Trinajstić information content (AvgIpc) is 2.62. The van der Waals surface area contributed by atoms with Crippen LogP contribution in [0.4, 0.5) is 5.82 Å². The number of aromatic nitrogens is 1. The Morgan fingerprint density at radius 1 is 1.47 bits per heavy atom. The molecule has 88 valence electrons. The van der Waals surface area contributed by atoms with Gasteiger partial charge in [0.2, 0.25) is 0 Å². The summed E-state index contributed by atoms with van der Waals surface area (Å²) in [7, 11) is 0. The van der Waals surface area contributed by atoms with Crippen molar-refractivity contribution in [1.29, 1.82) is 0 Å². The number of pyridine rings is 1. The Hall–Kier alpha value is -2.50. The molecule has 2 heterocycles. The molecule has 17 heavy (non-hydrogen) atoms. The van der Waals surface area contributed by atoms with Gasteiger partial charge in [-0.2, -0.15) is 0 Å². The fourth-order valence-corrected chi connectivity index (χ4v) is 1.57. The standard InChI is InChI=1S/C11H10N2O4/c1-5-2-3-7(17-5)6-4-8(12)13-10(14)9(6)11(15)16/h2-4H,1H3,(H,15,16)(H3,12,13,14). The first-order valence-electron chi connectivity index (χ1n) is 4.82. The maximum absolute atomic E-state index is 11.5. The number of carboxylic acid groups (broad SMARTS) is 1. The van der Waals surface area contributed by atoms with Crippen molar-refractivity contribution in [3.8, 4) is 11.3 Å². The van der Waals surface area contributed by atoms with Crippen LogP contribution in [0.3, 0.4) is 0 Å². The molecule has 6 nitrogen and oxygen atoms in total. The van der Waals surface area contributed by atoms with Crippen LogP contribution in [0, 0.1) is 6.92 Å². The Morgan fingerprint density at radius 3 is 2.71 bits per heavy atom. The Balaban J connectivity index is 2.76. The van der Waals surface area contributed by atoms with Gasteiger partial charge in [-0.1, -0.05) is 0 Å². The molecule has 0 spiro atoms. The Labute approximate surface area is 95.7 Å². The van der Waals surface area contributed by atoms with E-state index in [4.69, 9.17) is 15.3 Å². The largest absolute Gasteiger partial charge is 0.477 e. The van der Waals surface area contributed by atoms with Gasteiger partial charge < -0.3 is 20.2 Å². The van der Waals surface area contributed by atoms with Crippen LogP contribution >= 0.6 is 0 Å². The number of hydrogen-bond acceptors (Lipinski definition) is 4. The molecule has 0 radical (unpaired) electrons. The van der Waals surface area contributed by atoms with E-state index in [1.54, 1.807) is 19.1 Å². The molecule has 0 fully saturated rings. The first kappa shape index (κ1) is 11.0. The number of furan rings is 1. The smallest absolute Gasteiger partial charge is 0.342 e. The van der Waals surface area contributed by atoms with Crippen molar-refractivity contribution in [3.63, 3.8) is 0 Å². The fraction of sp³-hybridized carbons (Fsp3) is 0.0909. The van der Waals surface area contributed by atoms with Gasteiger partial charge in [-0.05, 0) is 25.1 Å². The van der Waals surface area contributed by atoms with E-state index < -0.39 is 11.5 Å². The molecule has 0 amide bonds. The fourth-order valence-electron chi connectivity index (χ4n) is 1.57. The zero-order chi connectivity index (χ0) is 12.6. The van der Waals surface area contributed by atoms with Crippen molar-refractivity contribution < 1.29 is 14.3 Å². The van der Waals surface area contributed by atoms with E-state index in [9.17, 15) is 9.59 Å². The van der Waals surface area contributed by atoms with Gasteiger partial charge in [0.05, 0.1) is 0 Å². The molecular weight excluding hydrogens is 224 g/mol. The lowest BCUT2D eigenvalue weighted by Crippen LogP contribution is -2.20. The lowest BCUT2D eigenvalue weighted by atomic mass is 10.1. The van der Waals surface area contributed by atoms with Crippen LogP contribution in [0.2, 0.25) is 0 Å². The number of nitrogens with one attached hydrogen (secondary N) is 1. The van der Waals surface area contributed by atoms with Crippen LogP contribution in [0.5, 0.6) is 0 Å². The van der Waals surface area contributed by atoms with Crippen LogP contribution in [-0.4, -0.2) is 16.1 Å². The number of hydrogen-bond donors (Lipinski definition) is 3. The zero-order valence-corrected chi connectivity index (χ0v) is 8.98. The first-order chi connectivity index (χ1) is 7.99. The molecule has 0 aromatic carbocycles. The van der Waals surface area contributed by atoms with E-state index in [0.717, 1.165) is 0 Å². The average molecular weight is 234 g/mol. The molecule has 0 aliphatic rings. The lowest BCUT2D eigenvalue weighted by molar-refractivity contribution is 0.0695. The predicted octanol–water partition coefficient (Wildman–Crippen LogP) is 1.22. The van der Waals surface area contributed by atoms with Gasteiger partial charge >= 0.3 is 5.97 Å².